The van der Waals surface area contributed by atoms with Crippen molar-refractivity contribution in [2.45, 2.75) is 57.3 Å². The fourth-order valence-electron chi connectivity index (χ4n) is 3.40. The summed E-state index contributed by atoms with van der Waals surface area (Å²) in [6.07, 6.45) is 3.83. The minimum absolute atomic E-state index is 0.395. The number of benzene rings is 1. The summed E-state index contributed by atoms with van der Waals surface area (Å²) >= 11 is 0. The van der Waals surface area contributed by atoms with Gasteiger partial charge in [0, 0.05) is 19.3 Å². The predicted molar refractivity (Wildman–Crippen MR) is 77.7 cm³/mol. The molecule has 1 heterocycles. The number of hydrogen-bond donors (Lipinski definition) is 1. The van der Waals surface area contributed by atoms with Gasteiger partial charge in [0.05, 0.1) is 18.8 Å². The molecule has 1 saturated carbocycles. The van der Waals surface area contributed by atoms with Crippen LogP contribution in [-0.4, -0.2) is 29.7 Å². The van der Waals surface area contributed by atoms with Crippen molar-refractivity contribution in [3.63, 3.8) is 0 Å². The Morgan fingerprint density at radius 2 is 1.70 bits per heavy atom. The van der Waals surface area contributed by atoms with Crippen LogP contribution in [-0.2, 0) is 15.9 Å². The van der Waals surface area contributed by atoms with E-state index in [1.807, 2.05) is 0 Å². The number of aliphatic hydroxyl groups is 1. The highest BCUT2D eigenvalue weighted by molar-refractivity contribution is 5.31. The molecule has 2 fully saturated rings. The van der Waals surface area contributed by atoms with Crippen LogP contribution in [0.25, 0.3) is 0 Å². The van der Waals surface area contributed by atoms with E-state index in [4.69, 9.17) is 9.47 Å². The third-order valence-electron chi connectivity index (χ3n) is 4.78. The van der Waals surface area contributed by atoms with Crippen LogP contribution in [0.5, 0.6) is 0 Å². The van der Waals surface area contributed by atoms with Gasteiger partial charge in [0.1, 0.15) is 0 Å². The molecule has 20 heavy (non-hydrogen) atoms. The first-order valence-electron chi connectivity index (χ1n) is 7.57. The van der Waals surface area contributed by atoms with Gasteiger partial charge < -0.3 is 14.6 Å². The van der Waals surface area contributed by atoms with Crippen LogP contribution in [0, 0.1) is 13.8 Å². The maximum absolute atomic E-state index is 10.9. The van der Waals surface area contributed by atoms with Crippen LogP contribution in [0.2, 0.25) is 0 Å². The molecule has 1 aromatic rings. The summed E-state index contributed by atoms with van der Waals surface area (Å²) in [5, 5.41) is 10.9. The average Bonchev–Trinajstić information content (AvgIpc) is 2.87. The van der Waals surface area contributed by atoms with Gasteiger partial charge in [-0.05, 0) is 37.8 Å². The molecule has 0 bridgehead atoms. The Balaban J connectivity index is 1.70. The van der Waals surface area contributed by atoms with E-state index < -0.39 is 11.4 Å². The first-order valence-corrected chi connectivity index (χ1v) is 7.57. The Labute approximate surface area is 120 Å². The van der Waals surface area contributed by atoms with Crippen LogP contribution in [0.3, 0.4) is 0 Å². The first kappa shape index (κ1) is 14.1. The van der Waals surface area contributed by atoms with Gasteiger partial charge >= 0.3 is 0 Å². The van der Waals surface area contributed by atoms with Crippen LogP contribution in [0.1, 0.15) is 42.4 Å². The summed E-state index contributed by atoms with van der Waals surface area (Å²) < 4.78 is 11.5. The smallest absolute Gasteiger partial charge is 0.168 e. The van der Waals surface area contributed by atoms with Gasteiger partial charge in [-0.2, -0.15) is 0 Å². The number of rotatable bonds is 2. The summed E-state index contributed by atoms with van der Waals surface area (Å²) in [5.74, 6) is -0.395. The first-order chi connectivity index (χ1) is 9.50. The summed E-state index contributed by atoms with van der Waals surface area (Å²) in [6, 6.07) is 6.46. The van der Waals surface area contributed by atoms with Gasteiger partial charge in [-0.15, -0.1) is 0 Å². The zero-order valence-corrected chi connectivity index (χ0v) is 12.4. The molecule has 1 saturated heterocycles. The Morgan fingerprint density at radius 3 is 2.35 bits per heavy atom. The van der Waals surface area contributed by atoms with E-state index in [0.717, 1.165) is 32.1 Å². The molecule has 0 aromatic heterocycles. The lowest BCUT2D eigenvalue weighted by Gasteiger charge is -2.40. The summed E-state index contributed by atoms with van der Waals surface area (Å²) in [5.41, 5.74) is 3.16. The highest BCUT2D eigenvalue weighted by Gasteiger charge is 2.45. The van der Waals surface area contributed by atoms with Crippen LogP contribution in [0.15, 0.2) is 18.2 Å². The Morgan fingerprint density at radius 1 is 1.05 bits per heavy atom. The molecule has 3 rings (SSSR count). The zero-order chi connectivity index (χ0) is 14.2. The second-order valence-corrected chi connectivity index (χ2v) is 6.44. The van der Waals surface area contributed by atoms with E-state index in [1.165, 1.54) is 16.7 Å². The van der Waals surface area contributed by atoms with E-state index in [2.05, 4.69) is 32.0 Å². The molecule has 0 atom stereocenters. The minimum atomic E-state index is -0.612. The normalized spacial score (nSPS) is 24.1. The molecule has 1 spiro atoms. The molecule has 0 amide bonds. The van der Waals surface area contributed by atoms with Crippen molar-refractivity contribution in [3.8, 4) is 0 Å². The standard InChI is InChI=1S/C17H24O3/c1-13-3-4-14(2)15(11-13)12-16(18)5-7-17(8-6-16)19-9-10-20-17/h3-4,11,18H,5-10,12H2,1-2H3. The fraction of sp³-hybridized carbons (Fsp3) is 0.647. The predicted octanol–water partition coefficient (Wildman–Crippen LogP) is 2.89. The van der Waals surface area contributed by atoms with Gasteiger partial charge in [-0.25, -0.2) is 0 Å². The second-order valence-electron chi connectivity index (χ2n) is 6.44. The van der Waals surface area contributed by atoms with E-state index in [0.29, 0.717) is 13.2 Å². The van der Waals surface area contributed by atoms with Crippen LogP contribution in [0.4, 0.5) is 0 Å². The molecule has 110 valence electrons. The van der Waals surface area contributed by atoms with Crippen molar-refractivity contribution in [3.05, 3.63) is 34.9 Å². The van der Waals surface area contributed by atoms with Crippen molar-refractivity contribution in [2.75, 3.05) is 13.2 Å². The number of hydrogen-bond acceptors (Lipinski definition) is 3. The number of ether oxygens (including phenoxy) is 2. The topological polar surface area (TPSA) is 38.7 Å². The lowest BCUT2D eigenvalue weighted by molar-refractivity contribution is -0.202. The second kappa shape index (κ2) is 5.14. The third kappa shape index (κ3) is 2.76. The zero-order valence-electron chi connectivity index (χ0n) is 12.4. The molecule has 2 aliphatic rings. The van der Waals surface area contributed by atoms with Crippen molar-refractivity contribution < 1.29 is 14.6 Å². The van der Waals surface area contributed by atoms with Crippen LogP contribution < -0.4 is 0 Å². The Kier molecular flexibility index (Phi) is 3.61. The van der Waals surface area contributed by atoms with Crippen LogP contribution >= 0.6 is 0 Å². The van der Waals surface area contributed by atoms with Gasteiger partial charge in [0.15, 0.2) is 5.79 Å². The van der Waals surface area contributed by atoms with E-state index in [1.54, 1.807) is 0 Å². The molecule has 1 aliphatic carbocycles. The average molecular weight is 276 g/mol. The molecule has 1 aromatic carbocycles. The van der Waals surface area contributed by atoms with Gasteiger partial charge in [0.25, 0.3) is 0 Å². The molecule has 3 heteroatoms. The van der Waals surface area contributed by atoms with Gasteiger partial charge in [0.2, 0.25) is 0 Å². The highest BCUT2D eigenvalue weighted by Crippen LogP contribution is 2.41. The molecule has 1 aliphatic heterocycles. The van der Waals surface area contributed by atoms with E-state index >= 15 is 0 Å². The van der Waals surface area contributed by atoms with Crippen molar-refractivity contribution in [2.24, 2.45) is 0 Å². The van der Waals surface area contributed by atoms with E-state index in [9.17, 15) is 5.11 Å². The molecule has 1 N–H and O–H groups in total. The van der Waals surface area contributed by atoms with Crippen molar-refractivity contribution in [1.82, 2.24) is 0 Å². The van der Waals surface area contributed by atoms with Gasteiger partial charge in [-0.1, -0.05) is 23.8 Å². The monoisotopic (exact) mass is 276 g/mol. The quantitative estimate of drug-likeness (QED) is 0.902. The molecular formula is C17H24O3. The highest BCUT2D eigenvalue weighted by atomic mass is 16.7. The molecular weight excluding hydrogens is 252 g/mol. The SMILES string of the molecule is Cc1ccc(C)c(CC2(O)CCC3(CC2)OCCO3)c1. The fourth-order valence-corrected chi connectivity index (χ4v) is 3.40. The van der Waals surface area contributed by atoms with Gasteiger partial charge in [-0.3, -0.25) is 0 Å². The maximum atomic E-state index is 10.9. The molecule has 3 nitrogen and oxygen atoms in total. The maximum Gasteiger partial charge on any atom is 0.168 e. The largest absolute Gasteiger partial charge is 0.390 e. The van der Waals surface area contributed by atoms with Crippen molar-refractivity contribution in [1.29, 1.82) is 0 Å². The third-order valence-corrected chi connectivity index (χ3v) is 4.78. The Bertz CT molecular complexity index is 479. The number of aryl methyl sites for hydroxylation is 2. The lowest BCUT2D eigenvalue weighted by Crippen LogP contribution is -2.44. The minimum Gasteiger partial charge on any atom is -0.390 e. The summed E-state index contributed by atoms with van der Waals surface area (Å²) in [7, 11) is 0. The Hall–Kier alpha value is -0.900. The lowest BCUT2D eigenvalue weighted by atomic mass is 9.77. The molecule has 0 radical (unpaired) electrons. The molecule has 0 unspecified atom stereocenters. The van der Waals surface area contributed by atoms with E-state index in [-0.39, 0.29) is 0 Å². The summed E-state index contributed by atoms with van der Waals surface area (Å²) in [4.78, 5) is 0. The van der Waals surface area contributed by atoms with Crippen molar-refractivity contribution >= 4 is 0 Å². The summed E-state index contributed by atoms with van der Waals surface area (Å²) in [6.45, 7) is 5.60.